The Hall–Kier alpha value is -2.76. The van der Waals surface area contributed by atoms with Gasteiger partial charge in [0.05, 0.1) is 11.1 Å². The van der Waals surface area contributed by atoms with E-state index in [1.54, 1.807) is 41.1 Å². The molecule has 0 saturated carbocycles. The van der Waals surface area contributed by atoms with Gasteiger partial charge in [-0.3, -0.25) is 4.52 Å². The highest BCUT2D eigenvalue weighted by Crippen LogP contribution is 2.43. The minimum absolute atomic E-state index is 0.110. The molecule has 1 aromatic heterocycles. The van der Waals surface area contributed by atoms with E-state index in [1.807, 2.05) is 12.1 Å². The first-order valence-corrected chi connectivity index (χ1v) is 11.5. The molecule has 1 saturated heterocycles. The number of phosphoric acid groups is 1. The number of aliphatic hydroxyl groups is 2. The molecule has 12 heteroatoms. The van der Waals surface area contributed by atoms with Gasteiger partial charge in [-0.15, -0.1) is 0 Å². The van der Waals surface area contributed by atoms with Crippen molar-refractivity contribution in [2.45, 2.75) is 30.6 Å². The molecule has 0 spiro atoms. The van der Waals surface area contributed by atoms with Crippen LogP contribution in [0.25, 0.3) is 10.9 Å². The van der Waals surface area contributed by atoms with E-state index < -0.39 is 51.0 Å². The van der Waals surface area contributed by atoms with Crippen molar-refractivity contribution in [3.63, 3.8) is 0 Å². The number of hydrogen-bond donors (Lipinski definition) is 5. The molecule has 0 bridgehead atoms. The molecule has 33 heavy (non-hydrogen) atoms. The fraction of sp³-hybridized carbons (Fsp3) is 0.286. The zero-order chi connectivity index (χ0) is 23.8. The molecular formula is C21H23N2O9P. The molecule has 11 nitrogen and oxygen atoms in total. The van der Waals surface area contributed by atoms with Crippen molar-refractivity contribution in [3.05, 3.63) is 66.4 Å². The van der Waals surface area contributed by atoms with E-state index in [0.29, 0.717) is 5.52 Å². The van der Waals surface area contributed by atoms with E-state index in [-0.39, 0.29) is 11.3 Å². The number of carbonyl (C=O) groups is 1. The average molecular weight is 478 g/mol. The third-order valence-electron chi connectivity index (χ3n) is 5.38. The minimum atomic E-state index is -5.09. The number of anilines is 1. The largest absolute Gasteiger partial charge is 0.470 e. The van der Waals surface area contributed by atoms with Crippen LogP contribution in [0.3, 0.4) is 0 Å². The zero-order valence-corrected chi connectivity index (χ0v) is 18.1. The topological polar surface area (TPSA) is 174 Å². The number of esters is 1. The van der Waals surface area contributed by atoms with Crippen LogP contribution in [0.1, 0.15) is 16.6 Å². The second kappa shape index (κ2) is 9.24. The third-order valence-corrected chi connectivity index (χ3v) is 5.90. The number of nitrogens with zero attached hydrogens (tertiary/aromatic N) is 1. The fourth-order valence-electron chi connectivity index (χ4n) is 3.81. The first-order chi connectivity index (χ1) is 15.7. The summed E-state index contributed by atoms with van der Waals surface area (Å²) in [6.07, 6.45) is -5.94. The number of fused-ring (bicyclic) bond motifs is 1. The summed E-state index contributed by atoms with van der Waals surface area (Å²) >= 11 is 0. The highest BCUT2D eigenvalue weighted by atomic mass is 31.2. The van der Waals surface area contributed by atoms with Crippen molar-refractivity contribution < 1.29 is 43.4 Å². The van der Waals surface area contributed by atoms with Crippen LogP contribution in [0.4, 0.5) is 5.69 Å². The number of hydrogen-bond acceptors (Lipinski definition) is 8. The maximum atomic E-state index is 12.4. The Balaban J connectivity index is 1.61. The number of ether oxygens (including phenoxy) is 2. The van der Waals surface area contributed by atoms with E-state index in [1.165, 1.54) is 12.1 Å². The first-order valence-electron chi connectivity index (χ1n) is 9.98. The average Bonchev–Trinajstić information content (AvgIpc) is 3.19. The summed E-state index contributed by atoms with van der Waals surface area (Å²) in [4.78, 5) is 31.0. The molecule has 0 aliphatic carbocycles. The Morgan fingerprint density at radius 1 is 1.06 bits per heavy atom. The molecule has 4 rings (SSSR count). The molecule has 0 radical (unpaired) electrons. The molecule has 2 aromatic carbocycles. The predicted octanol–water partition coefficient (Wildman–Crippen LogP) is 1.18. The normalized spacial score (nSPS) is 25.8. The predicted molar refractivity (Wildman–Crippen MR) is 116 cm³/mol. The lowest BCUT2D eigenvalue weighted by Crippen LogP contribution is -2.57. The van der Waals surface area contributed by atoms with Gasteiger partial charge in [0, 0.05) is 11.9 Å². The second-order valence-corrected chi connectivity index (χ2v) is 8.77. The van der Waals surface area contributed by atoms with E-state index in [0.717, 1.165) is 5.39 Å². The smallest absolute Gasteiger partial charge is 0.459 e. The Kier molecular flexibility index (Phi) is 6.55. The summed E-state index contributed by atoms with van der Waals surface area (Å²) in [5.41, 5.74) is 6.76. The highest BCUT2D eigenvalue weighted by molar-refractivity contribution is 7.46. The third kappa shape index (κ3) is 4.94. The summed E-state index contributed by atoms with van der Waals surface area (Å²) in [5.74, 6) is -0.773. The Labute approximate surface area is 188 Å². The van der Waals surface area contributed by atoms with Crippen molar-refractivity contribution in [1.82, 2.24) is 4.57 Å². The molecule has 1 fully saturated rings. The Bertz CT molecular complexity index is 1190. The van der Waals surface area contributed by atoms with Crippen molar-refractivity contribution in [1.29, 1.82) is 0 Å². The number of aliphatic hydroxyl groups excluding tert-OH is 2. The van der Waals surface area contributed by atoms with Crippen LogP contribution in [0.15, 0.2) is 60.8 Å². The molecule has 1 aliphatic rings. The van der Waals surface area contributed by atoms with Gasteiger partial charge in [-0.2, -0.15) is 0 Å². The number of rotatable bonds is 6. The molecule has 0 amide bonds. The number of phosphoric ester groups is 1. The van der Waals surface area contributed by atoms with Crippen LogP contribution in [0.5, 0.6) is 0 Å². The summed E-state index contributed by atoms with van der Waals surface area (Å²) in [6.45, 7) is -0.488. The molecule has 0 unspecified atom stereocenters. The van der Waals surface area contributed by atoms with Crippen LogP contribution in [0.2, 0.25) is 0 Å². The van der Waals surface area contributed by atoms with Gasteiger partial charge in [-0.1, -0.05) is 30.3 Å². The molecule has 1 aliphatic heterocycles. The summed E-state index contributed by atoms with van der Waals surface area (Å²) in [7, 11) is -5.09. The summed E-state index contributed by atoms with van der Waals surface area (Å²) in [6, 6.07) is 15.2. The standard InChI is InChI=1S/C21H23N2O9P/c22-14-7-3-2-6-13(14)21(26)30-11-16-17(24)19(32-33(27,28)29)18(25)20(31-16)23-10-9-12-5-1-4-8-15(12)23/h1-10,16-20,24-25H,11,22H2,(H2,27,28,29)/t16-,17-,18-,19+,20-/m1/s1. The Morgan fingerprint density at radius 3 is 2.48 bits per heavy atom. The van der Waals surface area contributed by atoms with Crippen molar-refractivity contribution in [3.8, 4) is 0 Å². The van der Waals surface area contributed by atoms with E-state index in [9.17, 15) is 29.4 Å². The molecule has 3 aromatic rings. The van der Waals surface area contributed by atoms with Gasteiger partial charge in [-0.05, 0) is 29.7 Å². The van der Waals surface area contributed by atoms with E-state index in [2.05, 4.69) is 0 Å². The summed E-state index contributed by atoms with van der Waals surface area (Å²) in [5, 5.41) is 22.3. The fourth-order valence-corrected chi connectivity index (χ4v) is 4.38. The van der Waals surface area contributed by atoms with Gasteiger partial charge in [0.25, 0.3) is 0 Å². The second-order valence-electron chi connectivity index (χ2n) is 7.57. The number of aromatic nitrogens is 1. The van der Waals surface area contributed by atoms with Crippen LogP contribution < -0.4 is 5.73 Å². The van der Waals surface area contributed by atoms with Crippen LogP contribution in [0, 0.1) is 0 Å². The molecule has 176 valence electrons. The van der Waals surface area contributed by atoms with Gasteiger partial charge in [-0.25, -0.2) is 9.36 Å². The summed E-state index contributed by atoms with van der Waals surface area (Å²) < 4.78 is 28.8. The Morgan fingerprint density at radius 2 is 1.76 bits per heavy atom. The lowest BCUT2D eigenvalue weighted by Gasteiger charge is -2.42. The molecule has 2 heterocycles. The van der Waals surface area contributed by atoms with E-state index >= 15 is 0 Å². The van der Waals surface area contributed by atoms with Crippen molar-refractivity contribution >= 4 is 30.4 Å². The lowest BCUT2D eigenvalue weighted by molar-refractivity contribution is -0.246. The van der Waals surface area contributed by atoms with Crippen LogP contribution >= 0.6 is 7.82 Å². The van der Waals surface area contributed by atoms with Gasteiger partial charge in [0.15, 0.2) is 6.23 Å². The maximum Gasteiger partial charge on any atom is 0.470 e. The lowest BCUT2D eigenvalue weighted by atomic mass is 9.98. The van der Waals surface area contributed by atoms with Gasteiger partial charge in [0.2, 0.25) is 0 Å². The quantitative estimate of drug-likeness (QED) is 0.197. The van der Waals surface area contributed by atoms with Gasteiger partial charge in [0.1, 0.15) is 31.0 Å². The zero-order valence-electron chi connectivity index (χ0n) is 17.2. The number of carbonyl (C=O) groups excluding carboxylic acids is 1. The minimum Gasteiger partial charge on any atom is -0.459 e. The molecule has 6 N–H and O–H groups in total. The first kappa shape index (κ1) is 23.4. The van der Waals surface area contributed by atoms with Crippen LogP contribution in [-0.4, -0.2) is 61.6 Å². The maximum absolute atomic E-state index is 12.4. The van der Waals surface area contributed by atoms with Gasteiger partial charge < -0.3 is 39.8 Å². The number of para-hydroxylation sites is 2. The number of benzene rings is 2. The number of nitrogen functional groups attached to an aromatic ring is 1. The highest BCUT2D eigenvalue weighted by Gasteiger charge is 2.49. The SMILES string of the molecule is Nc1ccccc1C(=O)OC[C@H]1O[C@@H](n2ccc3ccccc32)[C@H](O)[C@@H](OP(=O)(O)O)[C@@H]1O. The molecular weight excluding hydrogens is 455 g/mol. The van der Waals surface area contributed by atoms with Gasteiger partial charge >= 0.3 is 13.8 Å². The molecule has 5 atom stereocenters. The van der Waals surface area contributed by atoms with Crippen molar-refractivity contribution in [2.24, 2.45) is 0 Å². The monoisotopic (exact) mass is 478 g/mol. The number of nitrogens with two attached hydrogens (primary N) is 1. The van der Waals surface area contributed by atoms with Crippen LogP contribution in [-0.2, 0) is 18.6 Å². The van der Waals surface area contributed by atoms with Crippen molar-refractivity contribution in [2.75, 3.05) is 12.3 Å². The van der Waals surface area contributed by atoms with E-state index in [4.69, 9.17) is 19.7 Å².